The van der Waals surface area contributed by atoms with Crippen molar-refractivity contribution >= 4 is 27.9 Å². The monoisotopic (exact) mass is 390 g/mol. The Morgan fingerprint density at radius 2 is 1.93 bits per heavy atom. The van der Waals surface area contributed by atoms with Crippen molar-refractivity contribution in [1.82, 2.24) is 19.2 Å². The zero-order chi connectivity index (χ0) is 19.1. The van der Waals surface area contributed by atoms with Crippen LogP contribution < -0.4 is 5.56 Å². The lowest BCUT2D eigenvalue weighted by atomic mass is 10.1. The van der Waals surface area contributed by atoms with E-state index < -0.39 is 0 Å². The molecule has 0 fully saturated rings. The molecule has 0 radical (unpaired) electrons. The number of benzene rings is 1. The van der Waals surface area contributed by atoms with E-state index >= 15 is 0 Å². The molecule has 0 unspecified atom stereocenters. The molecule has 0 saturated heterocycles. The molecule has 28 heavy (non-hydrogen) atoms. The van der Waals surface area contributed by atoms with Crippen molar-refractivity contribution in [3.05, 3.63) is 87.5 Å². The van der Waals surface area contributed by atoms with Gasteiger partial charge in [0.1, 0.15) is 5.82 Å². The molecule has 0 aliphatic rings. The molecule has 4 aromatic heterocycles. The number of fused-ring (bicyclic) bond motifs is 3. The van der Waals surface area contributed by atoms with Crippen LogP contribution in [0, 0.1) is 5.82 Å². The lowest BCUT2D eigenvalue weighted by molar-refractivity contribution is 0.628. The van der Waals surface area contributed by atoms with E-state index in [1.165, 1.54) is 17.0 Å². The van der Waals surface area contributed by atoms with Crippen LogP contribution in [0.3, 0.4) is 0 Å². The molecule has 5 rings (SSSR count). The predicted molar refractivity (Wildman–Crippen MR) is 108 cm³/mol. The second-order valence-electron chi connectivity index (χ2n) is 6.50. The summed E-state index contributed by atoms with van der Waals surface area (Å²) >= 11 is 1.69. The molecule has 0 spiro atoms. The van der Waals surface area contributed by atoms with Gasteiger partial charge < -0.3 is 4.57 Å². The number of nitrogens with zero attached hydrogens (tertiary/aromatic N) is 4. The van der Waals surface area contributed by atoms with Gasteiger partial charge in [0.2, 0.25) is 0 Å². The van der Waals surface area contributed by atoms with Crippen LogP contribution in [0.4, 0.5) is 4.39 Å². The predicted octanol–water partition coefficient (Wildman–Crippen LogP) is 4.15. The summed E-state index contributed by atoms with van der Waals surface area (Å²) in [6.07, 6.45) is 5.91. The average molecular weight is 390 g/mol. The van der Waals surface area contributed by atoms with Crippen LogP contribution in [-0.4, -0.2) is 19.2 Å². The van der Waals surface area contributed by atoms with Crippen molar-refractivity contribution < 1.29 is 4.39 Å². The van der Waals surface area contributed by atoms with Gasteiger partial charge in [0.05, 0.1) is 17.1 Å². The highest BCUT2D eigenvalue weighted by atomic mass is 32.1. The number of aromatic nitrogens is 4. The van der Waals surface area contributed by atoms with Crippen molar-refractivity contribution in [3.63, 3.8) is 0 Å². The smallest absolute Gasteiger partial charge is 0.261 e. The summed E-state index contributed by atoms with van der Waals surface area (Å²) < 4.78 is 16.6. The van der Waals surface area contributed by atoms with Gasteiger partial charge in [0.25, 0.3) is 5.56 Å². The topological polar surface area (TPSA) is 52.2 Å². The third-order valence-electron chi connectivity index (χ3n) is 4.80. The summed E-state index contributed by atoms with van der Waals surface area (Å²) in [5.41, 5.74) is 2.88. The molecule has 0 aliphatic heterocycles. The third-order valence-corrected chi connectivity index (χ3v) is 5.74. The Balaban J connectivity index is 1.58. The summed E-state index contributed by atoms with van der Waals surface area (Å²) in [5.74, 6) is -0.290. The van der Waals surface area contributed by atoms with Crippen molar-refractivity contribution in [1.29, 1.82) is 0 Å². The SMILES string of the molecule is O=c1c2cnc3c(-c4ccc(F)cc4)cnn3c2ccn1CCc1cccs1. The Bertz CT molecular complexity index is 1340. The molecule has 5 nitrogen and oxygen atoms in total. The molecule has 4 heterocycles. The zero-order valence-corrected chi connectivity index (χ0v) is 15.6. The van der Waals surface area contributed by atoms with Gasteiger partial charge in [-0.25, -0.2) is 13.9 Å². The molecule has 0 saturated carbocycles. The fourth-order valence-corrected chi connectivity index (χ4v) is 4.05. The number of thiophene rings is 1. The molecule has 138 valence electrons. The van der Waals surface area contributed by atoms with Gasteiger partial charge in [-0.05, 0) is 41.6 Å². The van der Waals surface area contributed by atoms with E-state index in [0.29, 0.717) is 23.1 Å². The van der Waals surface area contributed by atoms with Crippen LogP contribution >= 0.6 is 11.3 Å². The fourth-order valence-electron chi connectivity index (χ4n) is 3.35. The summed E-state index contributed by atoms with van der Waals surface area (Å²) in [6, 6.07) is 12.2. The summed E-state index contributed by atoms with van der Waals surface area (Å²) in [5, 5.41) is 6.98. The van der Waals surface area contributed by atoms with E-state index in [0.717, 1.165) is 17.5 Å². The molecule has 0 atom stereocenters. The van der Waals surface area contributed by atoms with E-state index in [1.54, 1.807) is 51.1 Å². The van der Waals surface area contributed by atoms with Crippen LogP contribution in [0.2, 0.25) is 0 Å². The molecule has 0 aliphatic carbocycles. The second-order valence-corrected chi connectivity index (χ2v) is 7.53. The highest BCUT2D eigenvalue weighted by molar-refractivity contribution is 7.09. The molecular weight excluding hydrogens is 375 g/mol. The van der Waals surface area contributed by atoms with Gasteiger partial charge in [-0.3, -0.25) is 4.79 Å². The van der Waals surface area contributed by atoms with Crippen molar-refractivity contribution in [2.24, 2.45) is 0 Å². The van der Waals surface area contributed by atoms with Crippen LogP contribution in [0.15, 0.2) is 71.2 Å². The summed E-state index contributed by atoms with van der Waals surface area (Å²) in [4.78, 5) is 18.6. The molecule has 5 aromatic rings. The largest absolute Gasteiger partial charge is 0.314 e. The van der Waals surface area contributed by atoms with E-state index in [-0.39, 0.29) is 11.4 Å². The van der Waals surface area contributed by atoms with E-state index in [4.69, 9.17) is 0 Å². The Morgan fingerprint density at radius 1 is 1.07 bits per heavy atom. The van der Waals surface area contributed by atoms with E-state index in [1.807, 2.05) is 17.5 Å². The number of rotatable bonds is 4. The maximum Gasteiger partial charge on any atom is 0.261 e. The van der Waals surface area contributed by atoms with Gasteiger partial charge in [-0.15, -0.1) is 11.3 Å². The summed E-state index contributed by atoms with van der Waals surface area (Å²) in [6.45, 7) is 0.618. The molecule has 1 aromatic carbocycles. The minimum atomic E-state index is -0.290. The summed E-state index contributed by atoms with van der Waals surface area (Å²) in [7, 11) is 0. The highest BCUT2D eigenvalue weighted by Gasteiger charge is 2.13. The van der Waals surface area contributed by atoms with Crippen molar-refractivity contribution in [2.45, 2.75) is 13.0 Å². The van der Waals surface area contributed by atoms with E-state index in [2.05, 4.69) is 16.1 Å². The first-order valence-electron chi connectivity index (χ1n) is 8.85. The minimum absolute atomic E-state index is 0.0812. The zero-order valence-electron chi connectivity index (χ0n) is 14.7. The van der Waals surface area contributed by atoms with Crippen LogP contribution in [0.1, 0.15) is 4.88 Å². The third kappa shape index (κ3) is 2.80. The normalized spacial score (nSPS) is 11.5. The van der Waals surface area contributed by atoms with Gasteiger partial charge in [0, 0.05) is 29.4 Å². The first-order valence-corrected chi connectivity index (χ1v) is 9.73. The fraction of sp³-hybridized carbons (Fsp3) is 0.0952. The van der Waals surface area contributed by atoms with Crippen LogP contribution in [-0.2, 0) is 13.0 Å². The van der Waals surface area contributed by atoms with Crippen molar-refractivity contribution in [2.75, 3.05) is 0 Å². The van der Waals surface area contributed by atoms with Crippen molar-refractivity contribution in [3.8, 4) is 11.1 Å². The Hall–Kier alpha value is -3.32. The number of pyridine rings is 1. The molecule has 0 N–H and O–H groups in total. The maximum absolute atomic E-state index is 13.2. The number of hydrogen-bond acceptors (Lipinski definition) is 4. The Labute approximate surface area is 163 Å². The standard InChI is InChI=1S/C21H15FN4OS/c22-15-5-3-14(4-6-15)17-13-24-26-19-8-10-25(9-7-16-2-1-11-28-16)21(27)18(19)12-23-20(17)26/h1-6,8,10-13H,7,9H2. The van der Waals surface area contributed by atoms with Gasteiger partial charge in [-0.1, -0.05) is 18.2 Å². The van der Waals surface area contributed by atoms with Gasteiger partial charge >= 0.3 is 0 Å². The lowest BCUT2D eigenvalue weighted by Crippen LogP contribution is -2.21. The van der Waals surface area contributed by atoms with Crippen LogP contribution in [0.5, 0.6) is 0 Å². The lowest BCUT2D eigenvalue weighted by Gasteiger charge is -2.07. The first kappa shape index (κ1) is 16.8. The number of aryl methyl sites for hydroxylation is 2. The number of halogens is 1. The number of hydrogen-bond donors (Lipinski definition) is 0. The quantitative estimate of drug-likeness (QED) is 0.463. The van der Waals surface area contributed by atoms with Gasteiger partial charge in [0.15, 0.2) is 5.65 Å². The molecule has 0 bridgehead atoms. The molecule has 0 amide bonds. The van der Waals surface area contributed by atoms with Gasteiger partial charge in [-0.2, -0.15) is 5.10 Å². The molecular formula is C21H15FN4OS. The second kappa shape index (κ2) is 6.69. The van der Waals surface area contributed by atoms with Crippen LogP contribution in [0.25, 0.3) is 27.7 Å². The molecule has 7 heteroatoms. The highest BCUT2D eigenvalue weighted by Crippen LogP contribution is 2.25. The Kier molecular flexibility index (Phi) is 4.02. The average Bonchev–Trinajstić information content (AvgIpc) is 3.38. The minimum Gasteiger partial charge on any atom is -0.314 e. The first-order chi connectivity index (χ1) is 13.7. The Morgan fingerprint density at radius 3 is 2.71 bits per heavy atom. The van der Waals surface area contributed by atoms with E-state index in [9.17, 15) is 9.18 Å². The maximum atomic E-state index is 13.2.